The Morgan fingerprint density at radius 1 is 1.11 bits per heavy atom. The van der Waals surface area contributed by atoms with E-state index < -0.39 is 0 Å². The Kier molecular flexibility index (Phi) is 5.09. The molecular formula is C20H25N5O2. The molecule has 0 saturated heterocycles. The Morgan fingerprint density at radius 2 is 1.93 bits per heavy atom. The Balaban J connectivity index is 1.42. The summed E-state index contributed by atoms with van der Waals surface area (Å²) in [6, 6.07) is 9.65. The predicted molar refractivity (Wildman–Crippen MR) is 101 cm³/mol. The van der Waals surface area contributed by atoms with Crippen LogP contribution in [0.15, 0.2) is 42.9 Å². The second-order valence-corrected chi connectivity index (χ2v) is 7.45. The summed E-state index contributed by atoms with van der Waals surface area (Å²) >= 11 is 0. The van der Waals surface area contributed by atoms with Crippen LogP contribution < -0.4 is 10.6 Å². The lowest BCUT2D eigenvalue weighted by Crippen LogP contribution is -2.45. The molecular weight excluding hydrogens is 342 g/mol. The minimum atomic E-state index is -0.276. The number of urea groups is 1. The smallest absolute Gasteiger partial charge is 0.318 e. The zero-order valence-corrected chi connectivity index (χ0v) is 15.3. The van der Waals surface area contributed by atoms with Crippen molar-refractivity contribution >= 4 is 11.9 Å². The number of carbonyl (C=O) groups excluding carboxylic acids is 2. The first-order valence-corrected chi connectivity index (χ1v) is 9.52. The highest BCUT2D eigenvalue weighted by molar-refractivity contribution is 5.80. The maximum absolute atomic E-state index is 12.8. The van der Waals surface area contributed by atoms with Crippen LogP contribution >= 0.6 is 0 Å². The van der Waals surface area contributed by atoms with E-state index in [0.29, 0.717) is 32.1 Å². The van der Waals surface area contributed by atoms with Gasteiger partial charge in [0.05, 0.1) is 24.5 Å². The van der Waals surface area contributed by atoms with E-state index in [1.165, 1.54) is 12.8 Å². The third-order valence-corrected chi connectivity index (χ3v) is 5.22. The first-order chi connectivity index (χ1) is 13.2. The van der Waals surface area contributed by atoms with Crippen LogP contribution in [0.1, 0.15) is 24.1 Å². The quantitative estimate of drug-likeness (QED) is 0.845. The number of rotatable bonds is 5. The Morgan fingerprint density at radius 3 is 2.70 bits per heavy atom. The molecule has 7 heteroatoms. The predicted octanol–water partition coefficient (Wildman–Crippen LogP) is 1.75. The van der Waals surface area contributed by atoms with E-state index in [0.717, 1.165) is 17.8 Å². The van der Waals surface area contributed by atoms with Crippen LogP contribution in [0.3, 0.4) is 0 Å². The molecule has 2 aliphatic rings. The second-order valence-electron chi connectivity index (χ2n) is 7.45. The summed E-state index contributed by atoms with van der Waals surface area (Å²) in [6.07, 6.45) is 5.90. The molecule has 1 aromatic heterocycles. The maximum Gasteiger partial charge on any atom is 0.318 e. The first-order valence-electron chi connectivity index (χ1n) is 9.52. The van der Waals surface area contributed by atoms with Gasteiger partial charge in [0.25, 0.3) is 0 Å². The number of fused-ring (bicyclic) bond motifs is 1. The number of aromatic nitrogens is 2. The van der Waals surface area contributed by atoms with Gasteiger partial charge in [-0.1, -0.05) is 30.3 Å². The Labute approximate surface area is 158 Å². The maximum atomic E-state index is 12.8. The summed E-state index contributed by atoms with van der Waals surface area (Å²) in [5.41, 5.74) is 1.99. The Bertz CT molecular complexity index is 800. The normalized spacial score (nSPS) is 19.1. The topological polar surface area (TPSA) is 79.3 Å². The highest BCUT2D eigenvalue weighted by atomic mass is 16.2. The lowest BCUT2D eigenvalue weighted by atomic mass is 10.1. The third kappa shape index (κ3) is 4.48. The number of amides is 3. The highest BCUT2D eigenvalue weighted by Gasteiger charge is 2.30. The molecule has 0 spiro atoms. The van der Waals surface area contributed by atoms with Crippen LogP contribution in [0, 0.1) is 11.8 Å². The molecule has 0 radical (unpaired) electrons. The summed E-state index contributed by atoms with van der Waals surface area (Å²) in [6.45, 7) is 2.61. The number of hydrogen-bond donors (Lipinski definition) is 2. The molecule has 1 aliphatic carbocycles. The minimum Gasteiger partial charge on any atom is -0.355 e. The largest absolute Gasteiger partial charge is 0.355 e. The van der Waals surface area contributed by atoms with Gasteiger partial charge in [-0.2, -0.15) is 0 Å². The van der Waals surface area contributed by atoms with Crippen molar-refractivity contribution < 1.29 is 9.59 Å². The fourth-order valence-electron chi connectivity index (χ4n) is 3.38. The van der Waals surface area contributed by atoms with Gasteiger partial charge in [-0.25, -0.2) is 9.78 Å². The zero-order chi connectivity index (χ0) is 18.6. The number of carbonyl (C=O) groups is 2. The molecule has 2 aromatic rings. The van der Waals surface area contributed by atoms with E-state index >= 15 is 0 Å². The van der Waals surface area contributed by atoms with Gasteiger partial charge in [0.15, 0.2) is 0 Å². The van der Waals surface area contributed by atoms with Crippen molar-refractivity contribution in [3.8, 4) is 0 Å². The van der Waals surface area contributed by atoms with E-state index in [4.69, 9.17) is 0 Å². The minimum absolute atomic E-state index is 0.0179. The van der Waals surface area contributed by atoms with Crippen molar-refractivity contribution in [2.75, 3.05) is 13.1 Å². The summed E-state index contributed by atoms with van der Waals surface area (Å²) in [7, 11) is 0. The van der Waals surface area contributed by atoms with Gasteiger partial charge >= 0.3 is 6.03 Å². The van der Waals surface area contributed by atoms with Gasteiger partial charge in [0.2, 0.25) is 5.91 Å². The molecule has 1 aromatic carbocycles. The SMILES string of the molecule is O=C(NCC1CC1)C1CN(C(=O)NCc2ccccc2)Cc2cncn2C1. The van der Waals surface area contributed by atoms with Crippen LogP contribution in [0.5, 0.6) is 0 Å². The van der Waals surface area contributed by atoms with Crippen molar-refractivity contribution in [1.82, 2.24) is 25.1 Å². The van der Waals surface area contributed by atoms with Crippen LogP contribution in [0.4, 0.5) is 4.79 Å². The summed E-state index contributed by atoms with van der Waals surface area (Å²) in [5.74, 6) is 0.375. The van der Waals surface area contributed by atoms with Crippen molar-refractivity contribution in [3.05, 3.63) is 54.1 Å². The van der Waals surface area contributed by atoms with Crippen molar-refractivity contribution in [2.24, 2.45) is 11.8 Å². The van der Waals surface area contributed by atoms with Crippen molar-refractivity contribution in [2.45, 2.75) is 32.5 Å². The molecule has 7 nitrogen and oxygen atoms in total. The van der Waals surface area contributed by atoms with Gasteiger partial charge in [-0.05, 0) is 24.3 Å². The van der Waals surface area contributed by atoms with Gasteiger partial charge in [-0.3, -0.25) is 4.79 Å². The molecule has 1 saturated carbocycles. The molecule has 1 unspecified atom stereocenters. The van der Waals surface area contributed by atoms with Gasteiger partial charge < -0.3 is 20.1 Å². The monoisotopic (exact) mass is 367 g/mol. The van der Waals surface area contributed by atoms with E-state index in [-0.39, 0.29) is 17.9 Å². The van der Waals surface area contributed by atoms with E-state index in [9.17, 15) is 9.59 Å². The summed E-state index contributed by atoms with van der Waals surface area (Å²) < 4.78 is 1.98. The standard InChI is InChI=1S/C20H25N5O2/c26-19(22-8-16-6-7-16)17-11-24(13-18-10-21-14-25(18)12-17)20(27)23-9-15-4-2-1-3-5-15/h1-5,10,14,16-17H,6-9,11-13H2,(H,22,26)(H,23,27). The fraction of sp³-hybridized carbons (Fsp3) is 0.450. The van der Waals surface area contributed by atoms with E-state index in [1.807, 2.05) is 34.9 Å². The second kappa shape index (κ2) is 7.82. The third-order valence-electron chi connectivity index (χ3n) is 5.22. The molecule has 27 heavy (non-hydrogen) atoms. The highest BCUT2D eigenvalue weighted by Crippen LogP contribution is 2.27. The molecule has 0 bridgehead atoms. The number of benzene rings is 1. The van der Waals surface area contributed by atoms with E-state index in [2.05, 4.69) is 15.6 Å². The molecule has 1 fully saturated rings. The van der Waals surface area contributed by atoms with E-state index in [1.54, 1.807) is 17.4 Å². The molecule has 4 rings (SSSR count). The number of hydrogen-bond acceptors (Lipinski definition) is 3. The molecule has 1 aliphatic heterocycles. The van der Waals surface area contributed by atoms with Crippen LogP contribution in [-0.2, 0) is 24.4 Å². The van der Waals surface area contributed by atoms with Gasteiger partial charge in [0, 0.05) is 32.4 Å². The van der Waals surface area contributed by atoms with Gasteiger partial charge in [0.1, 0.15) is 0 Å². The fourth-order valence-corrected chi connectivity index (χ4v) is 3.38. The molecule has 142 valence electrons. The Hall–Kier alpha value is -2.83. The molecule has 3 amide bonds. The average Bonchev–Trinajstić information content (AvgIpc) is 3.46. The lowest BCUT2D eigenvalue weighted by molar-refractivity contribution is -0.125. The summed E-state index contributed by atoms with van der Waals surface area (Å²) in [5, 5.41) is 6.02. The molecule has 2 N–H and O–H groups in total. The number of imidazole rings is 1. The molecule has 2 heterocycles. The van der Waals surface area contributed by atoms with Crippen molar-refractivity contribution in [3.63, 3.8) is 0 Å². The number of nitrogens with one attached hydrogen (secondary N) is 2. The lowest BCUT2D eigenvalue weighted by Gasteiger charge is -2.24. The van der Waals surface area contributed by atoms with Crippen molar-refractivity contribution in [1.29, 1.82) is 0 Å². The number of nitrogens with zero attached hydrogens (tertiary/aromatic N) is 3. The van der Waals surface area contributed by atoms with Gasteiger partial charge in [-0.15, -0.1) is 0 Å². The summed E-state index contributed by atoms with van der Waals surface area (Å²) in [4.78, 5) is 31.3. The van der Waals surface area contributed by atoms with Crippen LogP contribution in [-0.4, -0.2) is 39.5 Å². The molecule has 1 atom stereocenters. The first kappa shape index (κ1) is 17.6. The zero-order valence-electron chi connectivity index (χ0n) is 15.3. The van der Waals surface area contributed by atoms with Crippen LogP contribution in [0.2, 0.25) is 0 Å². The van der Waals surface area contributed by atoms with Crippen LogP contribution in [0.25, 0.3) is 0 Å². The average molecular weight is 367 g/mol.